The fraction of sp³-hybridized carbons (Fsp3) is 0.0556. The Bertz CT molecular complexity index is 2160. The summed E-state index contributed by atoms with van der Waals surface area (Å²) in [6.45, 7) is 3.72. The molecule has 0 saturated heterocycles. The normalized spacial score (nSPS) is 10.7. The molecule has 0 bridgehead atoms. The van der Waals surface area contributed by atoms with Crippen LogP contribution in [-0.2, 0) is 0 Å². The third kappa shape index (κ3) is 6.00. The minimum atomic E-state index is -0.204. The first kappa shape index (κ1) is 29.6. The molecule has 10 nitrogen and oxygen atoms in total. The van der Waals surface area contributed by atoms with Crippen LogP contribution in [-0.4, -0.2) is 51.8 Å². The average Bonchev–Trinajstić information content (AvgIpc) is 3.76. The molecule has 0 radical (unpaired) electrons. The van der Waals surface area contributed by atoms with Crippen molar-refractivity contribution in [1.82, 2.24) is 30.0 Å². The number of hydrogen-bond acceptors (Lipinski definition) is 8. The van der Waals surface area contributed by atoms with Gasteiger partial charge in [-0.05, 0) is 53.9 Å². The molecular formula is C36H28N6O4. The zero-order valence-electron chi connectivity index (χ0n) is 24.9. The van der Waals surface area contributed by atoms with Gasteiger partial charge in [0.05, 0.1) is 12.4 Å². The number of benzene rings is 5. The molecular weight excluding hydrogens is 580 g/mol. The Morgan fingerprint density at radius 3 is 1.59 bits per heavy atom. The number of nitrogens with zero attached hydrogens (tertiary/aromatic N) is 6. The third-order valence-corrected chi connectivity index (χ3v) is 7.39. The van der Waals surface area contributed by atoms with Crippen LogP contribution in [0, 0.1) is 13.8 Å². The number of rotatable bonds is 6. The molecule has 0 aliphatic carbocycles. The summed E-state index contributed by atoms with van der Waals surface area (Å²) in [5.74, 6) is -0.215. The van der Waals surface area contributed by atoms with Crippen molar-refractivity contribution in [3.63, 3.8) is 0 Å². The molecule has 226 valence electrons. The fourth-order valence-corrected chi connectivity index (χ4v) is 5.05. The Hall–Kier alpha value is -6.42. The zero-order chi connectivity index (χ0) is 32.2. The van der Waals surface area contributed by atoms with E-state index < -0.39 is 0 Å². The van der Waals surface area contributed by atoms with E-state index in [1.54, 1.807) is 60.8 Å². The second-order valence-electron chi connectivity index (χ2n) is 10.6. The molecule has 2 heterocycles. The predicted octanol–water partition coefficient (Wildman–Crippen LogP) is 6.18. The van der Waals surface area contributed by atoms with Crippen molar-refractivity contribution in [2.24, 2.45) is 0 Å². The first-order valence-corrected chi connectivity index (χ1v) is 14.4. The van der Waals surface area contributed by atoms with Gasteiger partial charge in [-0.1, -0.05) is 101 Å². The largest absolute Gasteiger partial charge is 0.506 e. The molecule has 0 saturated carbocycles. The number of aromatic nitrogens is 6. The van der Waals surface area contributed by atoms with Crippen molar-refractivity contribution in [2.45, 2.75) is 13.8 Å². The number of aromatic hydroxyl groups is 2. The van der Waals surface area contributed by atoms with Crippen molar-refractivity contribution >= 4 is 22.3 Å². The maximum Gasteiger partial charge on any atom is 0.214 e. The Balaban J connectivity index is 0.000000164. The Morgan fingerprint density at radius 2 is 1.04 bits per heavy atom. The molecule has 10 heteroatoms. The summed E-state index contributed by atoms with van der Waals surface area (Å²) in [5, 5.41) is 37.9. The second-order valence-corrected chi connectivity index (χ2v) is 10.6. The van der Waals surface area contributed by atoms with Gasteiger partial charge >= 0.3 is 0 Å². The van der Waals surface area contributed by atoms with Crippen molar-refractivity contribution in [1.29, 1.82) is 0 Å². The predicted molar refractivity (Wildman–Crippen MR) is 173 cm³/mol. The van der Waals surface area contributed by atoms with Crippen molar-refractivity contribution in [3.8, 4) is 22.9 Å². The van der Waals surface area contributed by atoms with Crippen molar-refractivity contribution in [2.75, 3.05) is 0 Å². The molecule has 46 heavy (non-hydrogen) atoms. The van der Waals surface area contributed by atoms with Gasteiger partial charge in [0.2, 0.25) is 11.6 Å². The molecule has 0 aliphatic rings. The van der Waals surface area contributed by atoms with Gasteiger partial charge in [-0.25, -0.2) is 9.36 Å². The number of hydrogen-bond donors (Lipinski definition) is 2. The van der Waals surface area contributed by atoms with E-state index in [1.807, 2.05) is 68.4 Å². The van der Waals surface area contributed by atoms with Crippen LogP contribution in [0.2, 0.25) is 0 Å². The quantitative estimate of drug-likeness (QED) is 0.214. The maximum atomic E-state index is 12.7. The molecule has 2 aromatic heterocycles. The number of fused-ring (bicyclic) bond motifs is 1. The number of carbonyl (C=O) groups is 2. The lowest BCUT2D eigenvalue weighted by molar-refractivity contribution is 0.102. The summed E-state index contributed by atoms with van der Waals surface area (Å²) >= 11 is 0. The van der Waals surface area contributed by atoms with Crippen LogP contribution >= 0.6 is 0 Å². The highest BCUT2D eigenvalue weighted by molar-refractivity contribution is 6.09. The van der Waals surface area contributed by atoms with Crippen LogP contribution in [0.1, 0.15) is 43.2 Å². The van der Waals surface area contributed by atoms with E-state index in [4.69, 9.17) is 0 Å². The first-order chi connectivity index (χ1) is 22.3. The summed E-state index contributed by atoms with van der Waals surface area (Å²) in [4.78, 5) is 25.0. The van der Waals surface area contributed by atoms with E-state index in [0.29, 0.717) is 22.5 Å². The Morgan fingerprint density at radius 1 is 0.543 bits per heavy atom. The summed E-state index contributed by atoms with van der Waals surface area (Å²) in [5.41, 5.74) is 4.32. The van der Waals surface area contributed by atoms with Crippen LogP contribution in [0.5, 0.6) is 11.5 Å². The van der Waals surface area contributed by atoms with E-state index in [1.165, 1.54) is 15.6 Å². The summed E-state index contributed by atoms with van der Waals surface area (Å²) in [6.07, 6.45) is 3.07. The number of phenols is 2. The van der Waals surface area contributed by atoms with Gasteiger partial charge in [0.25, 0.3) is 0 Å². The van der Waals surface area contributed by atoms with Crippen LogP contribution in [0.3, 0.4) is 0 Å². The highest BCUT2D eigenvalue weighted by Gasteiger charge is 2.17. The fourth-order valence-electron chi connectivity index (χ4n) is 5.05. The number of ketones is 2. The Kier molecular flexibility index (Phi) is 8.16. The second kappa shape index (κ2) is 12.7. The molecule has 0 spiro atoms. The molecule has 7 aromatic rings. The van der Waals surface area contributed by atoms with Crippen LogP contribution in [0.4, 0.5) is 0 Å². The molecule has 0 fully saturated rings. The number of aryl methyl sites for hydroxylation is 2. The minimum Gasteiger partial charge on any atom is -0.506 e. The monoisotopic (exact) mass is 608 g/mol. The number of phenolic OH excluding ortho intramolecular Hbond substituents is 2. The minimum absolute atomic E-state index is 0.0922. The van der Waals surface area contributed by atoms with Gasteiger partial charge in [0, 0.05) is 11.1 Å². The smallest absolute Gasteiger partial charge is 0.214 e. The summed E-state index contributed by atoms with van der Waals surface area (Å²) < 4.78 is 2.85. The lowest BCUT2D eigenvalue weighted by Crippen LogP contribution is -2.02. The molecule has 0 amide bonds. The van der Waals surface area contributed by atoms with E-state index in [9.17, 15) is 19.8 Å². The van der Waals surface area contributed by atoms with Gasteiger partial charge in [0.1, 0.15) is 22.9 Å². The summed E-state index contributed by atoms with van der Waals surface area (Å²) in [6, 6.07) is 32.7. The average molecular weight is 609 g/mol. The first-order valence-electron chi connectivity index (χ1n) is 14.4. The zero-order valence-corrected chi connectivity index (χ0v) is 24.9. The van der Waals surface area contributed by atoms with Crippen molar-refractivity contribution in [3.05, 3.63) is 155 Å². The van der Waals surface area contributed by atoms with Crippen molar-refractivity contribution < 1.29 is 19.8 Å². The summed E-state index contributed by atoms with van der Waals surface area (Å²) in [7, 11) is 0. The van der Waals surface area contributed by atoms with Crippen LogP contribution in [0.15, 0.2) is 122 Å². The van der Waals surface area contributed by atoms with Crippen LogP contribution in [0.25, 0.3) is 22.1 Å². The van der Waals surface area contributed by atoms with Gasteiger partial charge in [-0.3, -0.25) is 9.59 Å². The molecule has 0 unspecified atom stereocenters. The van der Waals surface area contributed by atoms with E-state index in [0.717, 1.165) is 21.9 Å². The van der Waals surface area contributed by atoms with E-state index in [2.05, 4.69) is 20.6 Å². The number of para-hydroxylation sites is 2. The third-order valence-electron chi connectivity index (χ3n) is 7.39. The van der Waals surface area contributed by atoms with Gasteiger partial charge in [-0.15, -0.1) is 10.2 Å². The molecule has 0 atom stereocenters. The highest BCUT2D eigenvalue weighted by Crippen LogP contribution is 2.26. The highest BCUT2D eigenvalue weighted by atomic mass is 16.3. The number of carbonyl (C=O) groups excluding carboxylic acids is 2. The molecule has 7 rings (SSSR count). The lowest BCUT2D eigenvalue weighted by atomic mass is 10.0. The topological polar surface area (TPSA) is 136 Å². The van der Waals surface area contributed by atoms with E-state index in [-0.39, 0.29) is 34.5 Å². The lowest BCUT2D eigenvalue weighted by Gasteiger charge is -2.06. The SMILES string of the molecule is Cc1cccc(O)c1-n1cc(C(=O)c2ccc3ccccc3c2)nn1.Cc1cccc(O)c1-n1cc(C(=O)c2ccccc2)nn1. The van der Waals surface area contributed by atoms with Gasteiger partial charge < -0.3 is 10.2 Å². The molecule has 0 aliphatic heterocycles. The molecule has 5 aromatic carbocycles. The van der Waals surface area contributed by atoms with Crippen LogP contribution < -0.4 is 0 Å². The maximum absolute atomic E-state index is 12.7. The van der Waals surface area contributed by atoms with Gasteiger partial charge in [0.15, 0.2) is 11.4 Å². The van der Waals surface area contributed by atoms with Gasteiger partial charge in [-0.2, -0.15) is 0 Å². The van der Waals surface area contributed by atoms with E-state index >= 15 is 0 Å². The Labute approximate surface area is 263 Å². The standard InChI is InChI=1S/C20H15N3O2.C16H13N3O2/c1-13-5-4-8-18(24)19(13)23-12-17(21-22-23)20(25)16-10-9-14-6-2-3-7-15(14)11-16;1-11-6-5-9-14(20)15(11)19-10-13(17-18-19)16(21)12-7-3-2-4-8-12/h2-12,24H,1H3;2-10,20H,1H3. The molecule has 2 N–H and O–H groups in total.